The monoisotopic (exact) mass is 675 g/mol. The van der Waals surface area contributed by atoms with E-state index in [1.165, 1.54) is 4.90 Å². The first-order valence-corrected chi connectivity index (χ1v) is 16.8. The second-order valence-corrected chi connectivity index (χ2v) is 13.6. The van der Waals surface area contributed by atoms with Crippen molar-refractivity contribution in [2.75, 3.05) is 17.4 Å². The number of sulfonamides is 1. The Morgan fingerprint density at radius 1 is 0.818 bits per heavy atom. The second-order valence-electron chi connectivity index (χ2n) is 10.8. The number of anilines is 1. The molecule has 230 valence electrons. The summed E-state index contributed by atoms with van der Waals surface area (Å²) in [5.74, 6) is -0.777. The number of carbonyl (C=O) groups excluding carboxylic acids is 2. The maximum absolute atomic E-state index is 14.5. The van der Waals surface area contributed by atoms with Gasteiger partial charge in [-0.15, -0.1) is 0 Å². The van der Waals surface area contributed by atoms with E-state index < -0.39 is 28.5 Å². The van der Waals surface area contributed by atoms with Gasteiger partial charge in [-0.2, -0.15) is 0 Å². The van der Waals surface area contributed by atoms with Crippen molar-refractivity contribution in [1.82, 2.24) is 10.2 Å². The van der Waals surface area contributed by atoms with Crippen molar-refractivity contribution in [3.05, 3.63) is 130 Å². The third kappa shape index (κ3) is 8.57. The topological polar surface area (TPSA) is 86.8 Å². The Morgan fingerprint density at radius 3 is 2.07 bits per heavy atom. The lowest BCUT2D eigenvalue weighted by Crippen LogP contribution is -2.53. The van der Waals surface area contributed by atoms with Crippen molar-refractivity contribution >= 4 is 43.5 Å². The second kappa shape index (κ2) is 15.2. The predicted molar refractivity (Wildman–Crippen MR) is 179 cm³/mol. The van der Waals surface area contributed by atoms with Crippen LogP contribution in [0.5, 0.6) is 0 Å². The molecule has 0 aliphatic carbocycles. The molecule has 0 saturated heterocycles. The Labute approximate surface area is 269 Å². The van der Waals surface area contributed by atoms with Gasteiger partial charge in [0.15, 0.2) is 0 Å². The summed E-state index contributed by atoms with van der Waals surface area (Å²) in [6.45, 7) is 5.93. The van der Waals surface area contributed by atoms with Gasteiger partial charge in [-0.1, -0.05) is 107 Å². The van der Waals surface area contributed by atoms with Crippen LogP contribution in [0.3, 0.4) is 0 Å². The number of amides is 2. The molecule has 0 bridgehead atoms. The quantitative estimate of drug-likeness (QED) is 0.177. The zero-order chi connectivity index (χ0) is 31.7. The average Bonchev–Trinajstić information content (AvgIpc) is 3.01. The first-order chi connectivity index (χ1) is 21.1. The third-order valence-electron chi connectivity index (χ3n) is 7.28. The maximum atomic E-state index is 14.5. The molecule has 44 heavy (non-hydrogen) atoms. The lowest BCUT2D eigenvalue weighted by Gasteiger charge is -2.34. The molecule has 0 fully saturated rings. The molecule has 0 spiro atoms. The van der Waals surface area contributed by atoms with E-state index >= 15 is 0 Å². The van der Waals surface area contributed by atoms with Crippen LogP contribution in [0.25, 0.3) is 0 Å². The van der Waals surface area contributed by atoms with Gasteiger partial charge in [-0.3, -0.25) is 13.9 Å². The van der Waals surface area contributed by atoms with E-state index in [0.717, 1.165) is 33.0 Å². The zero-order valence-corrected chi connectivity index (χ0v) is 27.6. The number of hydrogen-bond donors (Lipinski definition) is 1. The van der Waals surface area contributed by atoms with Crippen molar-refractivity contribution in [2.45, 2.75) is 51.1 Å². The fourth-order valence-corrected chi connectivity index (χ4v) is 6.60. The van der Waals surface area contributed by atoms with E-state index in [-0.39, 0.29) is 23.8 Å². The molecule has 0 saturated carbocycles. The predicted octanol–water partition coefficient (Wildman–Crippen LogP) is 6.43. The average molecular weight is 677 g/mol. The number of hydrogen-bond acceptors (Lipinski definition) is 4. The molecule has 1 N–H and O–H groups in total. The summed E-state index contributed by atoms with van der Waals surface area (Å²) in [6.07, 6.45) is 1.01. The summed E-state index contributed by atoms with van der Waals surface area (Å²) in [5.41, 5.74) is 4.04. The van der Waals surface area contributed by atoms with Crippen molar-refractivity contribution in [3.63, 3.8) is 0 Å². The van der Waals surface area contributed by atoms with Gasteiger partial charge >= 0.3 is 0 Å². The van der Waals surface area contributed by atoms with Gasteiger partial charge in [-0.05, 0) is 61.7 Å². The fraction of sp³-hybridized carbons (Fsp3) is 0.257. The third-order valence-corrected chi connectivity index (χ3v) is 9.56. The Hall–Kier alpha value is -3.95. The highest BCUT2D eigenvalue weighted by atomic mass is 79.9. The number of nitrogens with zero attached hydrogens (tertiary/aromatic N) is 2. The van der Waals surface area contributed by atoms with Crippen molar-refractivity contribution in [3.8, 4) is 0 Å². The van der Waals surface area contributed by atoms with E-state index in [2.05, 4.69) is 21.2 Å². The first kappa shape index (κ1) is 33.0. The zero-order valence-electron chi connectivity index (χ0n) is 25.2. The minimum Gasteiger partial charge on any atom is -0.354 e. The molecule has 0 aliphatic rings. The van der Waals surface area contributed by atoms with Gasteiger partial charge in [-0.25, -0.2) is 8.42 Å². The number of carbonyl (C=O) groups is 2. The lowest BCUT2D eigenvalue weighted by molar-refractivity contribution is -0.140. The van der Waals surface area contributed by atoms with E-state index in [4.69, 9.17) is 0 Å². The van der Waals surface area contributed by atoms with Crippen LogP contribution in [-0.4, -0.2) is 44.3 Å². The molecule has 0 unspecified atom stereocenters. The van der Waals surface area contributed by atoms with E-state index in [9.17, 15) is 18.0 Å². The van der Waals surface area contributed by atoms with Gasteiger partial charge in [0.05, 0.1) is 10.6 Å². The minimum atomic E-state index is -4.15. The van der Waals surface area contributed by atoms with Gasteiger partial charge in [0, 0.05) is 24.0 Å². The van der Waals surface area contributed by atoms with Gasteiger partial charge in [0.25, 0.3) is 10.0 Å². The van der Waals surface area contributed by atoms with E-state index in [1.807, 2.05) is 75.4 Å². The summed E-state index contributed by atoms with van der Waals surface area (Å²) in [7, 11) is -4.15. The molecule has 1 atom stereocenters. The number of benzene rings is 4. The van der Waals surface area contributed by atoms with Gasteiger partial charge in [0.2, 0.25) is 11.8 Å². The van der Waals surface area contributed by atoms with Crippen LogP contribution in [0.2, 0.25) is 0 Å². The number of halogens is 1. The van der Waals surface area contributed by atoms with E-state index in [0.29, 0.717) is 16.7 Å². The maximum Gasteiger partial charge on any atom is 0.264 e. The molecule has 0 aliphatic heterocycles. The number of nitrogens with one attached hydrogen (secondary N) is 1. The smallest absolute Gasteiger partial charge is 0.264 e. The molecule has 4 aromatic carbocycles. The molecule has 4 aromatic rings. The van der Waals surface area contributed by atoms with Crippen LogP contribution in [0, 0.1) is 13.8 Å². The molecule has 9 heteroatoms. The van der Waals surface area contributed by atoms with Crippen LogP contribution in [-0.2, 0) is 32.6 Å². The molecule has 0 radical (unpaired) electrons. The number of aryl methyl sites for hydroxylation is 2. The largest absolute Gasteiger partial charge is 0.354 e. The molecule has 2 amide bonds. The highest BCUT2D eigenvalue weighted by Crippen LogP contribution is 2.27. The van der Waals surface area contributed by atoms with Crippen LogP contribution >= 0.6 is 15.9 Å². The normalized spacial score (nSPS) is 11.9. The summed E-state index contributed by atoms with van der Waals surface area (Å²) < 4.78 is 30.0. The highest BCUT2D eigenvalue weighted by Gasteiger charge is 2.34. The molecular weight excluding hydrogens is 638 g/mol. The molecule has 4 rings (SSSR count). The van der Waals surface area contributed by atoms with Crippen molar-refractivity contribution in [1.29, 1.82) is 0 Å². The summed E-state index contributed by atoms with van der Waals surface area (Å²) >= 11 is 3.44. The standard InChI is InChI=1S/C35H38BrN3O4S/c1-4-21-37-35(41)33(22-28-9-6-5-7-10-28)38(24-29-17-13-26(2)14-18-29)34(40)25-39(31-12-8-11-30(36)23-31)44(42,43)32-19-15-27(3)16-20-32/h5-20,23,33H,4,21-22,24-25H2,1-3H3,(H,37,41)/t33-/m1/s1. The minimum absolute atomic E-state index is 0.0717. The summed E-state index contributed by atoms with van der Waals surface area (Å²) in [4.78, 5) is 29.7. The Balaban J connectivity index is 1.79. The highest BCUT2D eigenvalue weighted by molar-refractivity contribution is 9.10. The lowest BCUT2D eigenvalue weighted by atomic mass is 10.0. The Kier molecular flexibility index (Phi) is 11.4. The molecule has 0 aromatic heterocycles. The SMILES string of the molecule is CCCNC(=O)[C@@H](Cc1ccccc1)N(Cc1ccc(C)cc1)C(=O)CN(c1cccc(Br)c1)S(=O)(=O)c1ccc(C)cc1. The number of rotatable bonds is 13. The Bertz CT molecular complexity index is 1660. The molecule has 0 heterocycles. The fourth-order valence-electron chi connectivity index (χ4n) is 4.81. The van der Waals surface area contributed by atoms with Gasteiger partial charge in [0.1, 0.15) is 12.6 Å². The van der Waals surface area contributed by atoms with Crippen LogP contribution in [0.4, 0.5) is 5.69 Å². The first-order valence-electron chi connectivity index (χ1n) is 14.6. The van der Waals surface area contributed by atoms with Crippen LogP contribution in [0.15, 0.2) is 112 Å². The summed E-state index contributed by atoms with van der Waals surface area (Å²) in [5, 5.41) is 2.97. The van der Waals surface area contributed by atoms with Crippen molar-refractivity contribution in [2.24, 2.45) is 0 Å². The molecule has 7 nitrogen and oxygen atoms in total. The van der Waals surface area contributed by atoms with Crippen molar-refractivity contribution < 1.29 is 18.0 Å². The van der Waals surface area contributed by atoms with Crippen LogP contribution in [0.1, 0.15) is 35.6 Å². The van der Waals surface area contributed by atoms with Crippen LogP contribution < -0.4 is 9.62 Å². The van der Waals surface area contributed by atoms with E-state index in [1.54, 1.807) is 48.5 Å². The molecular formula is C35H38BrN3O4S. The van der Waals surface area contributed by atoms with Gasteiger partial charge < -0.3 is 10.2 Å². The summed E-state index contributed by atoms with van der Waals surface area (Å²) in [6, 6.07) is 29.8. The Morgan fingerprint density at radius 2 is 1.45 bits per heavy atom.